The van der Waals surface area contributed by atoms with Crippen molar-refractivity contribution < 1.29 is 33.0 Å². The first-order valence-electron chi connectivity index (χ1n) is 16.8. The van der Waals surface area contributed by atoms with Crippen LogP contribution in [0.4, 0.5) is 0 Å². The van der Waals surface area contributed by atoms with Gasteiger partial charge in [0.25, 0.3) is 0 Å². The second kappa shape index (κ2) is 18.1. The lowest BCUT2D eigenvalue weighted by Gasteiger charge is -2.36. The molecule has 46 heavy (non-hydrogen) atoms. The van der Waals surface area contributed by atoms with Gasteiger partial charge in [0.15, 0.2) is 0 Å². The van der Waals surface area contributed by atoms with Crippen molar-refractivity contribution in [1.29, 1.82) is 0 Å². The van der Waals surface area contributed by atoms with Gasteiger partial charge in [-0.3, -0.25) is 18.6 Å². The van der Waals surface area contributed by atoms with Crippen LogP contribution in [0.5, 0.6) is 0 Å². The van der Waals surface area contributed by atoms with Gasteiger partial charge >= 0.3 is 7.75 Å². The third kappa shape index (κ3) is 10.5. The predicted octanol–water partition coefficient (Wildman–Crippen LogP) is 4.16. The van der Waals surface area contributed by atoms with Crippen molar-refractivity contribution in [2.24, 2.45) is 5.92 Å². The smallest absolute Gasteiger partial charge is 0.388 e. The molecular formula is C33H52N5O7P. The van der Waals surface area contributed by atoms with Crippen LogP contribution < -0.4 is 10.4 Å². The molecule has 1 unspecified atom stereocenters. The van der Waals surface area contributed by atoms with Gasteiger partial charge in [0.05, 0.1) is 31.7 Å². The number of aliphatic hydroxyl groups is 1. The van der Waals surface area contributed by atoms with Crippen LogP contribution in [-0.4, -0.2) is 89.0 Å². The number of benzene rings is 1. The standard InChI is InChI=1S/C33H52N5O7P/c1-4-44-46(42,45-5-2)37-28(20-25-15-10-7-11-16-25)33(41)38(3)29(21-26-22-34-23-35-26)32(40)36-27(19-24-13-8-6-9-14-24)31(39)30-17-12-18-43-30/h7,10-11,15-16,22-24,27-31,39H,4-6,8-9,12-14,17-21H2,1-3H3,(H,34,35)(H,36,40)(H,37,42)/t27-,28-,29?,30-,31+/m0/s1. The predicted molar refractivity (Wildman–Crippen MR) is 175 cm³/mol. The van der Waals surface area contributed by atoms with Crippen molar-refractivity contribution in [3.05, 3.63) is 54.1 Å². The van der Waals surface area contributed by atoms with E-state index < -0.39 is 37.9 Å². The molecule has 1 aliphatic heterocycles. The van der Waals surface area contributed by atoms with Crippen molar-refractivity contribution in [3.63, 3.8) is 0 Å². The first kappa shape index (κ1) is 36.2. The molecule has 1 saturated carbocycles. The van der Waals surface area contributed by atoms with Crippen LogP contribution in [0.25, 0.3) is 0 Å². The average molecular weight is 662 g/mol. The van der Waals surface area contributed by atoms with Gasteiger partial charge in [-0.2, -0.15) is 0 Å². The van der Waals surface area contributed by atoms with Gasteiger partial charge in [0.1, 0.15) is 18.2 Å². The molecule has 0 radical (unpaired) electrons. The number of imidazole rings is 1. The number of ether oxygens (including phenoxy) is 1. The maximum atomic E-state index is 14.3. The lowest BCUT2D eigenvalue weighted by atomic mass is 9.82. The number of likely N-dealkylation sites (N-methyl/N-ethyl adjacent to an activating group) is 1. The maximum absolute atomic E-state index is 14.3. The van der Waals surface area contributed by atoms with Gasteiger partial charge in [0.2, 0.25) is 11.8 Å². The van der Waals surface area contributed by atoms with E-state index in [9.17, 15) is 19.3 Å². The van der Waals surface area contributed by atoms with Crippen molar-refractivity contribution in [1.82, 2.24) is 25.3 Å². The lowest BCUT2D eigenvalue weighted by Crippen LogP contribution is -2.58. The molecule has 2 aromatic rings. The molecule has 0 bridgehead atoms. The molecule has 1 aliphatic carbocycles. The van der Waals surface area contributed by atoms with Crippen molar-refractivity contribution in [2.45, 2.75) is 108 Å². The minimum absolute atomic E-state index is 0.118. The Labute approximate surface area is 273 Å². The van der Waals surface area contributed by atoms with Crippen LogP contribution in [0, 0.1) is 5.92 Å². The highest BCUT2D eigenvalue weighted by molar-refractivity contribution is 7.51. The molecule has 5 atom stereocenters. The van der Waals surface area contributed by atoms with Crippen molar-refractivity contribution in [2.75, 3.05) is 26.9 Å². The summed E-state index contributed by atoms with van der Waals surface area (Å²) in [6.07, 6.45) is 10.2. The number of nitrogens with zero attached hydrogens (tertiary/aromatic N) is 2. The van der Waals surface area contributed by atoms with E-state index in [4.69, 9.17) is 13.8 Å². The summed E-state index contributed by atoms with van der Waals surface area (Å²) in [5.74, 6) is -0.447. The minimum Gasteiger partial charge on any atom is -0.388 e. The van der Waals surface area contributed by atoms with Gasteiger partial charge in [-0.05, 0) is 51.0 Å². The van der Waals surface area contributed by atoms with Crippen LogP contribution in [0.1, 0.15) is 76.5 Å². The Balaban J connectivity index is 1.60. The Morgan fingerprint density at radius 3 is 2.41 bits per heavy atom. The molecule has 1 aromatic carbocycles. The quantitative estimate of drug-likeness (QED) is 0.173. The molecule has 2 aliphatic rings. The molecule has 2 amide bonds. The number of aliphatic hydroxyl groups excluding tert-OH is 1. The van der Waals surface area contributed by atoms with E-state index in [1.54, 1.807) is 27.1 Å². The highest BCUT2D eigenvalue weighted by atomic mass is 31.2. The highest BCUT2D eigenvalue weighted by Gasteiger charge is 2.39. The summed E-state index contributed by atoms with van der Waals surface area (Å²) < 4.78 is 30.4. The number of amides is 2. The second-order valence-corrected chi connectivity index (χ2v) is 14.1. The number of aromatic nitrogens is 2. The van der Waals surface area contributed by atoms with E-state index in [-0.39, 0.29) is 38.1 Å². The molecule has 0 spiro atoms. The van der Waals surface area contributed by atoms with Gasteiger partial charge < -0.3 is 25.0 Å². The zero-order valence-electron chi connectivity index (χ0n) is 27.4. The van der Waals surface area contributed by atoms with E-state index in [0.29, 0.717) is 24.6 Å². The Kier molecular flexibility index (Phi) is 14.2. The zero-order chi connectivity index (χ0) is 32.9. The number of rotatable bonds is 18. The van der Waals surface area contributed by atoms with E-state index in [2.05, 4.69) is 20.4 Å². The number of H-pyrrole nitrogens is 1. The van der Waals surface area contributed by atoms with Crippen molar-refractivity contribution >= 4 is 19.6 Å². The minimum atomic E-state index is -3.85. The SMILES string of the molecule is CCOP(=O)(N[C@@H](Cc1ccccc1)C(=O)N(C)C(Cc1cnc[nH]1)C(=O)N[C@@H](CC1CCCCC1)[C@@H](O)[C@@H]1CCCO1)OCC. The highest BCUT2D eigenvalue weighted by Crippen LogP contribution is 2.44. The fourth-order valence-electron chi connectivity index (χ4n) is 6.57. The molecule has 256 valence electrons. The summed E-state index contributed by atoms with van der Waals surface area (Å²) in [5.41, 5.74) is 1.51. The first-order chi connectivity index (χ1) is 22.2. The van der Waals surface area contributed by atoms with Gasteiger partial charge in [-0.15, -0.1) is 0 Å². The third-order valence-corrected chi connectivity index (χ3v) is 10.8. The monoisotopic (exact) mass is 661 g/mol. The molecule has 12 nitrogen and oxygen atoms in total. The summed E-state index contributed by atoms with van der Waals surface area (Å²) in [4.78, 5) is 37.1. The normalized spacial score (nSPS) is 20.1. The molecule has 2 fully saturated rings. The van der Waals surface area contributed by atoms with E-state index in [1.165, 1.54) is 17.6 Å². The largest absolute Gasteiger partial charge is 0.406 e. The number of hydrogen-bond acceptors (Lipinski definition) is 8. The van der Waals surface area contributed by atoms with Gasteiger partial charge in [-0.1, -0.05) is 62.4 Å². The van der Waals surface area contributed by atoms with E-state index >= 15 is 0 Å². The molecule has 1 aromatic heterocycles. The maximum Gasteiger partial charge on any atom is 0.406 e. The number of nitrogens with one attached hydrogen (secondary N) is 3. The topological polar surface area (TPSA) is 155 Å². The number of carbonyl (C=O) groups is 2. The summed E-state index contributed by atoms with van der Waals surface area (Å²) in [6.45, 7) is 4.23. The fraction of sp³-hybridized carbons (Fsp3) is 0.667. The fourth-order valence-corrected chi connectivity index (χ4v) is 8.05. The molecule has 1 saturated heterocycles. The van der Waals surface area contributed by atoms with Crippen molar-refractivity contribution in [3.8, 4) is 0 Å². The third-order valence-electron chi connectivity index (χ3n) is 8.98. The average Bonchev–Trinajstić information content (AvgIpc) is 3.78. The zero-order valence-corrected chi connectivity index (χ0v) is 28.3. The molecule has 2 heterocycles. The lowest BCUT2D eigenvalue weighted by molar-refractivity contribution is -0.141. The molecule has 4 N–H and O–H groups in total. The van der Waals surface area contributed by atoms with Gasteiger partial charge in [0, 0.05) is 32.0 Å². The first-order valence-corrected chi connectivity index (χ1v) is 18.3. The second-order valence-electron chi connectivity index (χ2n) is 12.3. The summed E-state index contributed by atoms with van der Waals surface area (Å²) in [6, 6.07) is 6.86. The number of hydrogen-bond donors (Lipinski definition) is 4. The number of aromatic amines is 1. The molecular weight excluding hydrogens is 609 g/mol. The van der Waals surface area contributed by atoms with Crippen LogP contribution in [0.3, 0.4) is 0 Å². The molecule has 13 heteroatoms. The Morgan fingerprint density at radius 1 is 1.09 bits per heavy atom. The van der Waals surface area contributed by atoms with E-state index in [1.807, 2.05) is 30.3 Å². The molecule has 4 rings (SSSR count). The van der Waals surface area contributed by atoms with Gasteiger partial charge in [-0.25, -0.2) is 14.6 Å². The van der Waals surface area contributed by atoms with Crippen LogP contribution in [-0.2, 0) is 40.8 Å². The summed E-state index contributed by atoms with van der Waals surface area (Å²) in [7, 11) is -2.28. The summed E-state index contributed by atoms with van der Waals surface area (Å²) >= 11 is 0. The van der Waals surface area contributed by atoms with Crippen LogP contribution in [0.2, 0.25) is 0 Å². The Bertz CT molecular complexity index is 1230. The Morgan fingerprint density at radius 2 is 1.80 bits per heavy atom. The van der Waals surface area contributed by atoms with Crippen LogP contribution in [0.15, 0.2) is 42.9 Å². The van der Waals surface area contributed by atoms with Crippen LogP contribution >= 0.6 is 7.75 Å². The summed E-state index contributed by atoms with van der Waals surface area (Å²) in [5, 5.41) is 17.5. The van der Waals surface area contributed by atoms with E-state index in [0.717, 1.165) is 44.1 Å². The number of carbonyl (C=O) groups excluding carboxylic acids is 2. The Hall–Kier alpha value is -2.60.